The van der Waals surface area contributed by atoms with Gasteiger partial charge in [-0.3, -0.25) is 4.79 Å². The summed E-state index contributed by atoms with van der Waals surface area (Å²) in [5.74, 6) is 0.195. The second kappa shape index (κ2) is 7.68. The maximum absolute atomic E-state index is 11.1. The monoisotopic (exact) mass is 375 g/mol. The summed E-state index contributed by atoms with van der Waals surface area (Å²) in [7, 11) is 0. The average Bonchev–Trinajstić information content (AvgIpc) is 2.84. The number of benzene rings is 3. The first-order valence-corrected chi connectivity index (χ1v) is 9.36. The molecule has 1 N–H and O–H groups in total. The van der Waals surface area contributed by atoms with E-state index >= 15 is 0 Å². The summed E-state index contributed by atoms with van der Waals surface area (Å²) in [4.78, 5) is 18.6. The van der Waals surface area contributed by atoms with E-state index in [1.54, 1.807) is 12.1 Å². The van der Waals surface area contributed by atoms with E-state index in [-0.39, 0.29) is 5.75 Å². The fourth-order valence-electron chi connectivity index (χ4n) is 2.95. The fourth-order valence-corrected chi connectivity index (χ4v) is 4.13. The Labute approximate surface area is 161 Å². The van der Waals surface area contributed by atoms with Gasteiger partial charge in [0.2, 0.25) is 0 Å². The molecule has 1 aliphatic heterocycles. The van der Waals surface area contributed by atoms with Crippen LogP contribution in [0.5, 0.6) is 5.75 Å². The van der Waals surface area contributed by atoms with Crippen LogP contribution in [-0.4, -0.2) is 17.1 Å². The summed E-state index contributed by atoms with van der Waals surface area (Å²) < 4.78 is 0. The molecule has 27 heavy (non-hydrogen) atoms. The van der Waals surface area contributed by atoms with Crippen LogP contribution in [-0.2, 0) is 17.9 Å². The van der Waals surface area contributed by atoms with Crippen LogP contribution in [0.2, 0.25) is 0 Å². The van der Waals surface area contributed by atoms with Crippen molar-refractivity contribution in [3.05, 3.63) is 89.0 Å². The molecule has 0 amide bonds. The van der Waals surface area contributed by atoms with E-state index in [9.17, 15) is 9.90 Å². The first-order valence-electron chi connectivity index (χ1n) is 8.55. The number of hydrogen-bond acceptors (Lipinski definition) is 5. The molecular formula is C22H17NO3S. The quantitative estimate of drug-likeness (QED) is 0.524. The van der Waals surface area contributed by atoms with Crippen LogP contribution in [0.1, 0.15) is 27.0 Å². The molecule has 1 heterocycles. The van der Waals surface area contributed by atoms with Gasteiger partial charge < -0.3 is 9.94 Å². The molecular weight excluding hydrogens is 358 g/mol. The molecule has 0 aromatic heterocycles. The van der Waals surface area contributed by atoms with Gasteiger partial charge in [0.05, 0.1) is 5.71 Å². The highest BCUT2D eigenvalue weighted by Gasteiger charge is 2.20. The molecule has 0 radical (unpaired) electrons. The van der Waals surface area contributed by atoms with Crippen molar-refractivity contribution in [2.75, 3.05) is 0 Å². The molecule has 1 aliphatic rings. The van der Waals surface area contributed by atoms with Crippen LogP contribution >= 0.6 is 11.8 Å². The van der Waals surface area contributed by atoms with Gasteiger partial charge in [0, 0.05) is 27.3 Å². The Bertz CT molecular complexity index is 1020. The molecule has 0 bridgehead atoms. The zero-order chi connectivity index (χ0) is 18.6. The number of carbonyl (C=O) groups is 1. The van der Waals surface area contributed by atoms with Gasteiger partial charge in [-0.25, -0.2) is 0 Å². The average molecular weight is 375 g/mol. The first-order chi connectivity index (χ1) is 13.2. The van der Waals surface area contributed by atoms with Gasteiger partial charge in [-0.15, -0.1) is 0 Å². The van der Waals surface area contributed by atoms with Gasteiger partial charge >= 0.3 is 0 Å². The second-order valence-electron chi connectivity index (χ2n) is 6.24. The van der Waals surface area contributed by atoms with Gasteiger partial charge in [0.25, 0.3) is 0 Å². The lowest BCUT2D eigenvalue weighted by molar-refractivity contribution is 0.112. The van der Waals surface area contributed by atoms with Crippen molar-refractivity contribution < 1.29 is 14.7 Å². The summed E-state index contributed by atoms with van der Waals surface area (Å²) >= 11 is 1.53. The zero-order valence-corrected chi connectivity index (χ0v) is 15.3. The van der Waals surface area contributed by atoms with Crippen molar-refractivity contribution in [1.82, 2.24) is 0 Å². The molecule has 0 spiro atoms. The highest BCUT2D eigenvalue weighted by atomic mass is 32.2. The Balaban J connectivity index is 1.69. The number of oxime groups is 1. The topological polar surface area (TPSA) is 58.9 Å². The van der Waals surface area contributed by atoms with Crippen LogP contribution in [0.3, 0.4) is 0 Å². The number of aldehydes is 1. The predicted octanol–water partition coefficient (Wildman–Crippen LogP) is 4.83. The number of phenols is 1. The fraction of sp³-hybridized carbons (Fsp3) is 0.0909. The number of fused-ring (bicyclic) bond motifs is 2. The Morgan fingerprint density at radius 1 is 1.04 bits per heavy atom. The van der Waals surface area contributed by atoms with Gasteiger partial charge in [0.1, 0.15) is 18.6 Å². The molecule has 134 valence electrons. The number of hydrogen-bond donors (Lipinski definition) is 1. The molecule has 0 saturated carbocycles. The third-order valence-electron chi connectivity index (χ3n) is 4.33. The van der Waals surface area contributed by atoms with Gasteiger partial charge in [-0.1, -0.05) is 59.4 Å². The van der Waals surface area contributed by atoms with Crippen molar-refractivity contribution in [3.8, 4) is 5.75 Å². The highest BCUT2D eigenvalue weighted by Crippen LogP contribution is 2.39. The molecule has 5 heteroatoms. The van der Waals surface area contributed by atoms with E-state index in [2.05, 4.69) is 5.16 Å². The summed E-state index contributed by atoms with van der Waals surface area (Å²) in [6, 6.07) is 20.7. The highest BCUT2D eigenvalue weighted by molar-refractivity contribution is 7.99. The van der Waals surface area contributed by atoms with Crippen molar-refractivity contribution >= 4 is 23.8 Å². The lowest BCUT2D eigenvalue weighted by Crippen LogP contribution is -2.06. The second-order valence-corrected chi connectivity index (χ2v) is 7.33. The van der Waals surface area contributed by atoms with E-state index in [1.165, 1.54) is 11.8 Å². The summed E-state index contributed by atoms with van der Waals surface area (Å²) in [6.07, 6.45) is 1.43. The molecule has 4 nitrogen and oxygen atoms in total. The molecule has 0 aliphatic carbocycles. The van der Waals surface area contributed by atoms with E-state index in [1.807, 2.05) is 54.6 Å². The van der Waals surface area contributed by atoms with E-state index < -0.39 is 0 Å². The number of carbonyl (C=O) groups excluding carboxylic acids is 1. The van der Waals surface area contributed by atoms with Crippen LogP contribution in [0, 0.1) is 0 Å². The maximum atomic E-state index is 11.1. The zero-order valence-electron chi connectivity index (χ0n) is 14.5. The van der Waals surface area contributed by atoms with Crippen LogP contribution in [0.15, 0.2) is 81.7 Å². The minimum Gasteiger partial charge on any atom is -0.508 e. The molecule has 3 aromatic rings. The Hall–Kier alpha value is -3.05. The van der Waals surface area contributed by atoms with Crippen molar-refractivity contribution in [2.24, 2.45) is 5.16 Å². The third-order valence-corrected chi connectivity index (χ3v) is 5.49. The smallest absolute Gasteiger partial charge is 0.150 e. The van der Waals surface area contributed by atoms with Gasteiger partial charge in [0.15, 0.2) is 0 Å². The predicted molar refractivity (Wildman–Crippen MR) is 106 cm³/mol. The van der Waals surface area contributed by atoms with Crippen LogP contribution in [0.25, 0.3) is 0 Å². The summed E-state index contributed by atoms with van der Waals surface area (Å²) in [5.41, 5.74) is 4.47. The molecule has 0 atom stereocenters. The Morgan fingerprint density at radius 3 is 2.70 bits per heavy atom. The largest absolute Gasteiger partial charge is 0.508 e. The molecule has 0 saturated heterocycles. The first kappa shape index (κ1) is 17.4. The van der Waals surface area contributed by atoms with E-state index in [0.29, 0.717) is 18.6 Å². The minimum absolute atomic E-state index is 0.195. The van der Waals surface area contributed by atoms with Crippen molar-refractivity contribution in [3.63, 3.8) is 0 Å². The van der Waals surface area contributed by atoms with Gasteiger partial charge in [-0.05, 0) is 35.4 Å². The number of rotatable bonds is 4. The van der Waals surface area contributed by atoms with Crippen LogP contribution < -0.4 is 0 Å². The molecule has 4 rings (SSSR count). The molecule has 0 unspecified atom stereocenters. The maximum Gasteiger partial charge on any atom is 0.150 e. The SMILES string of the molecule is O=Cc1ccc2c(c1)Sc1cc(O)ccc1C(=NOCc1ccccc1)C2. The Kier molecular flexibility index (Phi) is 4.94. The number of aromatic hydroxyl groups is 1. The third kappa shape index (κ3) is 3.88. The normalized spacial score (nSPS) is 14.1. The lowest BCUT2D eigenvalue weighted by Gasteiger charge is -2.08. The van der Waals surface area contributed by atoms with E-state index in [4.69, 9.17) is 4.84 Å². The van der Waals surface area contributed by atoms with Crippen molar-refractivity contribution in [2.45, 2.75) is 22.8 Å². The van der Waals surface area contributed by atoms with E-state index in [0.717, 1.165) is 38.5 Å². The molecule has 0 fully saturated rings. The summed E-state index contributed by atoms with van der Waals surface area (Å²) in [6.45, 7) is 0.391. The number of phenolic OH excluding ortho intramolecular Hbond substituents is 1. The minimum atomic E-state index is 0.195. The summed E-state index contributed by atoms with van der Waals surface area (Å²) in [5, 5.41) is 14.3. The Morgan fingerprint density at radius 2 is 1.89 bits per heavy atom. The van der Waals surface area contributed by atoms with Gasteiger partial charge in [-0.2, -0.15) is 0 Å². The molecule has 3 aromatic carbocycles. The number of nitrogens with zero attached hydrogens (tertiary/aromatic N) is 1. The standard InChI is InChI=1S/C22H17NO3S/c24-13-16-6-7-17-11-20(23-26-14-15-4-2-1-3-5-15)19-9-8-18(25)12-22(19)27-21(17)10-16/h1-10,12-13,25H,11,14H2. The van der Waals surface area contributed by atoms with Crippen molar-refractivity contribution in [1.29, 1.82) is 0 Å². The van der Waals surface area contributed by atoms with Crippen LogP contribution in [0.4, 0.5) is 0 Å². The lowest BCUT2D eigenvalue weighted by atomic mass is 10.0.